The van der Waals surface area contributed by atoms with Gasteiger partial charge in [-0.15, -0.1) is 0 Å². The minimum atomic E-state index is -0.375. The third-order valence-corrected chi connectivity index (χ3v) is 3.50. The lowest BCUT2D eigenvalue weighted by Gasteiger charge is -2.13. The molecular weight excluding hydrogens is 337 g/mol. The van der Waals surface area contributed by atoms with Crippen molar-refractivity contribution in [3.8, 4) is 11.6 Å². The molecule has 0 atom stereocenters. The number of rotatable bonds is 5. The summed E-state index contributed by atoms with van der Waals surface area (Å²) in [4.78, 5) is 8.64. The minimum Gasteiger partial charge on any atom is -0.438 e. The van der Waals surface area contributed by atoms with E-state index in [1.807, 2.05) is 6.92 Å². The first-order chi connectivity index (χ1) is 10.0. The van der Waals surface area contributed by atoms with Crippen LogP contribution in [0.2, 0.25) is 0 Å². The molecule has 112 valence electrons. The first-order valence-electron chi connectivity index (χ1n) is 6.73. The van der Waals surface area contributed by atoms with E-state index in [0.717, 1.165) is 24.3 Å². The van der Waals surface area contributed by atoms with Crippen molar-refractivity contribution >= 4 is 21.7 Å². The quantitative estimate of drug-likeness (QED) is 0.852. The largest absolute Gasteiger partial charge is 0.438 e. The molecule has 0 aliphatic heterocycles. The molecule has 6 heteroatoms. The van der Waals surface area contributed by atoms with E-state index in [-0.39, 0.29) is 5.82 Å². The summed E-state index contributed by atoms with van der Waals surface area (Å²) in [6.45, 7) is 6.58. The highest BCUT2D eigenvalue weighted by Crippen LogP contribution is 2.29. The molecule has 0 bridgehead atoms. The Bertz CT molecular complexity index is 649. The average Bonchev–Trinajstić information content (AvgIpc) is 2.45. The molecule has 0 spiro atoms. The zero-order valence-electron chi connectivity index (χ0n) is 12.2. The van der Waals surface area contributed by atoms with Gasteiger partial charge in [-0.1, -0.05) is 6.92 Å². The first kappa shape index (κ1) is 15.7. The van der Waals surface area contributed by atoms with Gasteiger partial charge in [-0.2, -0.15) is 4.98 Å². The molecule has 0 aliphatic carbocycles. The van der Waals surface area contributed by atoms with Gasteiger partial charge in [0.1, 0.15) is 23.2 Å². The number of nitrogens with zero attached hydrogens (tertiary/aromatic N) is 2. The van der Waals surface area contributed by atoms with Gasteiger partial charge in [0.2, 0.25) is 5.88 Å². The number of hydrogen-bond donors (Lipinski definition) is 1. The topological polar surface area (TPSA) is 47.0 Å². The van der Waals surface area contributed by atoms with Crippen molar-refractivity contribution in [3.63, 3.8) is 0 Å². The molecule has 1 aromatic heterocycles. The Morgan fingerprint density at radius 2 is 2.05 bits per heavy atom. The summed E-state index contributed by atoms with van der Waals surface area (Å²) in [5, 5.41) is 3.24. The van der Waals surface area contributed by atoms with Crippen LogP contribution in [0.3, 0.4) is 0 Å². The number of ether oxygens (including phenoxy) is 1. The second kappa shape index (κ2) is 6.85. The molecule has 1 heterocycles. The zero-order valence-corrected chi connectivity index (χ0v) is 13.8. The van der Waals surface area contributed by atoms with Crippen molar-refractivity contribution in [2.45, 2.75) is 27.2 Å². The minimum absolute atomic E-state index is 0.375. The highest BCUT2D eigenvalue weighted by Gasteiger charge is 2.12. The van der Waals surface area contributed by atoms with E-state index in [0.29, 0.717) is 21.9 Å². The highest BCUT2D eigenvalue weighted by molar-refractivity contribution is 9.10. The normalized spacial score (nSPS) is 10.5. The van der Waals surface area contributed by atoms with Crippen LogP contribution in [0.25, 0.3) is 0 Å². The molecule has 4 nitrogen and oxygen atoms in total. The summed E-state index contributed by atoms with van der Waals surface area (Å²) in [7, 11) is 0. The second-order valence-corrected chi connectivity index (χ2v) is 5.51. The summed E-state index contributed by atoms with van der Waals surface area (Å²) in [5.41, 5.74) is 0.803. The summed E-state index contributed by atoms with van der Waals surface area (Å²) < 4.78 is 19.6. The Morgan fingerprint density at radius 1 is 1.29 bits per heavy atom. The third-order valence-electron chi connectivity index (χ3n) is 2.86. The van der Waals surface area contributed by atoms with E-state index in [4.69, 9.17) is 4.74 Å². The fraction of sp³-hybridized carbons (Fsp3) is 0.333. The van der Waals surface area contributed by atoms with E-state index in [1.165, 1.54) is 6.07 Å². The van der Waals surface area contributed by atoms with Crippen LogP contribution in [-0.4, -0.2) is 16.5 Å². The van der Waals surface area contributed by atoms with Gasteiger partial charge >= 0.3 is 0 Å². The molecule has 0 aliphatic rings. The van der Waals surface area contributed by atoms with E-state index in [1.54, 1.807) is 19.1 Å². The van der Waals surface area contributed by atoms with Gasteiger partial charge in [0.15, 0.2) is 0 Å². The van der Waals surface area contributed by atoms with Crippen LogP contribution >= 0.6 is 15.9 Å². The lowest BCUT2D eigenvalue weighted by molar-refractivity contribution is 0.451. The Hall–Kier alpha value is -1.69. The average molecular weight is 354 g/mol. The maximum absolute atomic E-state index is 13.5. The molecule has 0 saturated carbocycles. The number of aryl methyl sites for hydroxylation is 1. The predicted octanol–water partition coefficient (Wildman–Crippen LogP) is 4.61. The standard InChI is InChI=1S/C15H17BrFN3O/c1-4-7-18-14-9(2)15(20-10(3)19-14)21-11-5-6-12(16)13(17)8-11/h5-6,8H,4,7H2,1-3H3,(H,18,19,20). The number of nitrogens with one attached hydrogen (secondary N) is 1. The fourth-order valence-corrected chi connectivity index (χ4v) is 2.02. The molecule has 21 heavy (non-hydrogen) atoms. The van der Waals surface area contributed by atoms with Crippen LogP contribution in [0, 0.1) is 19.7 Å². The molecule has 0 amide bonds. The van der Waals surface area contributed by atoms with E-state index < -0.39 is 0 Å². The Morgan fingerprint density at radius 3 is 2.71 bits per heavy atom. The number of hydrogen-bond acceptors (Lipinski definition) is 4. The van der Waals surface area contributed by atoms with Crippen molar-refractivity contribution in [3.05, 3.63) is 39.9 Å². The van der Waals surface area contributed by atoms with Gasteiger partial charge in [-0.25, -0.2) is 9.37 Å². The van der Waals surface area contributed by atoms with E-state index in [2.05, 4.69) is 38.1 Å². The van der Waals surface area contributed by atoms with Crippen molar-refractivity contribution in [2.75, 3.05) is 11.9 Å². The van der Waals surface area contributed by atoms with Crippen molar-refractivity contribution < 1.29 is 9.13 Å². The number of halogens is 2. The Labute approximate surface area is 131 Å². The summed E-state index contributed by atoms with van der Waals surface area (Å²) in [6, 6.07) is 4.60. The summed E-state index contributed by atoms with van der Waals surface area (Å²) >= 11 is 3.11. The van der Waals surface area contributed by atoms with Gasteiger partial charge in [0.05, 0.1) is 10.0 Å². The maximum Gasteiger partial charge on any atom is 0.227 e. The second-order valence-electron chi connectivity index (χ2n) is 4.65. The van der Waals surface area contributed by atoms with Gasteiger partial charge < -0.3 is 10.1 Å². The van der Waals surface area contributed by atoms with Crippen molar-refractivity contribution in [1.29, 1.82) is 0 Å². The third kappa shape index (κ3) is 3.91. The molecule has 0 radical (unpaired) electrons. The molecule has 0 unspecified atom stereocenters. The van der Waals surface area contributed by atoms with Crippen molar-refractivity contribution in [1.82, 2.24) is 9.97 Å². The van der Waals surface area contributed by atoms with Gasteiger partial charge in [0.25, 0.3) is 0 Å². The van der Waals surface area contributed by atoms with Crippen molar-refractivity contribution in [2.24, 2.45) is 0 Å². The summed E-state index contributed by atoms with van der Waals surface area (Å²) in [6.07, 6.45) is 0.997. The van der Waals surface area contributed by atoms with Gasteiger partial charge in [-0.3, -0.25) is 0 Å². The maximum atomic E-state index is 13.5. The number of aromatic nitrogens is 2. The molecule has 2 aromatic rings. The zero-order chi connectivity index (χ0) is 15.4. The van der Waals surface area contributed by atoms with E-state index in [9.17, 15) is 4.39 Å². The monoisotopic (exact) mass is 353 g/mol. The van der Waals surface area contributed by atoms with Crippen LogP contribution in [-0.2, 0) is 0 Å². The number of anilines is 1. The first-order valence-corrected chi connectivity index (χ1v) is 7.52. The molecule has 0 fully saturated rings. The Kier molecular flexibility index (Phi) is 5.12. The van der Waals surface area contributed by atoms with Crippen LogP contribution < -0.4 is 10.1 Å². The van der Waals surface area contributed by atoms with Gasteiger partial charge in [-0.05, 0) is 48.3 Å². The van der Waals surface area contributed by atoms with Crippen LogP contribution in [0.15, 0.2) is 22.7 Å². The lowest BCUT2D eigenvalue weighted by Crippen LogP contribution is -2.07. The molecule has 0 saturated heterocycles. The molecular formula is C15H17BrFN3O. The number of benzene rings is 1. The highest BCUT2D eigenvalue weighted by atomic mass is 79.9. The molecule has 1 N–H and O–H groups in total. The SMILES string of the molecule is CCCNc1nc(C)nc(Oc2ccc(Br)c(F)c2)c1C. The van der Waals surface area contributed by atoms with Gasteiger partial charge in [0, 0.05) is 12.6 Å². The smallest absolute Gasteiger partial charge is 0.227 e. The van der Waals surface area contributed by atoms with Crippen LogP contribution in [0.1, 0.15) is 24.7 Å². The Balaban J connectivity index is 2.30. The van der Waals surface area contributed by atoms with Crippen LogP contribution in [0.5, 0.6) is 11.6 Å². The molecule has 1 aromatic carbocycles. The van der Waals surface area contributed by atoms with Crippen LogP contribution in [0.4, 0.5) is 10.2 Å². The van der Waals surface area contributed by atoms with E-state index >= 15 is 0 Å². The lowest BCUT2D eigenvalue weighted by atomic mass is 10.3. The fourth-order valence-electron chi connectivity index (χ4n) is 1.77. The predicted molar refractivity (Wildman–Crippen MR) is 84.5 cm³/mol. The molecule has 2 rings (SSSR count). The summed E-state index contributed by atoms with van der Waals surface area (Å²) in [5.74, 6) is 1.81.